The van der Waals surface area contributed by atoms with Crippen LogP contribution in [0.25, 0.3) is 0 Å². The molecule has 16 heteroatoms. The molecule has 0 saturated heterocycles. The highest BCUT2D eigenvalue weighted by Crippen LogP contribution is 2.18. The van der Waals surface area contributed by atoms with Crippen LogP contribution >= 0.6 is 0 Å². The monoisotopic (exact) mass is 633 g/mol. The molecule has 4 atom stereocenters. The second-order valence-corrected chi connectivity index (χ2v) is 16.8. The van der Waals surface area contributed by atoms with E-state index in [2.05, 4.69) is 16.0 Å². The Morgan fingerprint density at radius 1 is 0.949 bits per heavy atom. The SMILES string of the molecule is C/C(=C\[C@H](CCCOS(C)(=O)=O)NC(=O)[C@H](C)NC(=O)[C@H](C)NC(=O)CCC(C)(C)S(C)=S)COS(C)(=O)=O. The van der Waals surface area contributed by atoms with Gasteiger partial charge in [0.1, 0.15) is 12.1 Å². The quantitative estimate of drug-likeness (QED) is 0.109. The summed E-state index contributed by atoms with van der Waals surface area (Å²) in [5.41, 5.74) is 0.511. The van der Waals surface area contributed by atoms with E-state index in [9.17, 15) is 31.2 Å². The van der Waals surface area contributed by atoms with Gasteiger partial charge in [0.2, 0.25) is 17.7 Å². The molecular weight excluding hydrogens is 591 g/mol. The molecule has 0 radical (unpaired) electrons. The maximum absolute atomic E-state index is 12.8. The maximum Gasteiger partial charge on any atom is 0.264 e. The molecule has 0 fully saturated rings. The highest BCUT2D eigenvalue weighted by Gasteiger charge is 2.24. The van der Waals surface area contributed by atoms with Gasteiger partial charge in [0.25, 0.3) is 20.2 Å². The van der Waals surface area contributed by atoms with Gasteiger partial charge in [-0.2, -0.15) is 16.8 Å². The topological polar surface area (TPSA) is 174 Å². The van der Waals surface area contributed by atoms with Crippen LogP contribution in [0.2, 0.25) is 0 Å². The van der Waals surface area contributed by atoms with Crippen molar-refractivity contribution in [1.82, 2.24) is 16.0 Å². The van der Waals surface area contributed by atoms with Crippen molar-refractivity contribution in [1.29, 1.82) is 0 Å². The van der Waals surface area contributed by atoms with Crippen molar-refractivity contribution in [3.05, 3.63) is 11.6 Å². The van der Waals surface area contributed by atoms with Gasteiger partial charge >= 0.3 is 0 Å². The molecular formula is C23H43N3O9S4. The average molecular weight is 634 g/mol. The first kappa shape index (κ1) is 37.5. The Morgan fingerprint density at radius 3 is 1.97 bits per heavy atom. The molecule has 0 saturated carbocycles. The van der Waals surface area contributed by atoms with Crippen LogP contribution in [0.15, 0.2) is 11.6 Å². The number of hydrogen-bond acceptors (Lipinski definition) is 10. The molecule has 3 amide bonds. The van der Waals surface area contributed by atoms with Crippen molar-refractivity contribution in [2.24, 2.45) is 0 Å². The van der Waals surface area contributed by atoms with Crippen LogP contribution in [0.3, 0.4) is 0 Å². The largest absolute Gasteiger partial charge is 0.348 e. The van der Waals surface area contributed by atoms with E-state index in [1.165, 1.54) is 13.8 Å². The van der Waals surface area contributed by atoms with E-state index < -0.39 is 50.2 Å². The lowest BCUT2D eigenvalue weighted by Gasteiger charge is -2.24. The number of carbonyl (C=O) groups excluding carboxylic acids is 3. The molecule has 0 aromatic carbocycles. The summed E-state index contributed by atoms with van der Waals surface area (Å²) in [5, 5.41) is 7.92. The highest BCUT2D eigenvalue weighted by atomic mass is 32.8. The third-order valence-electron chi connectivity index (χ3n) is 5.53. The number of carbonyl (C=O) groups is 3. The molecule has 12 nitrogen and oxygen atoms in total. The van der Waals surface area contributed by atoms with Gasteiger partial charge in [-0.1, -0.05) is 31.1 Å². The number of amides is 3. The predicted molar refractivity (Wildman–Crippen MR) is 156 cm³/mol. The van der Waals surface area contributed by atoms with Crippen LogP contribution in [0.4, 0.5) is 0 Å². The third-order valence-corrected chi connectivity index (χ3v) is 9.78. The van der Waals surface area contributed by atoms with Gasteiger partial charge in [-0.25, -0.2) is 0 Å². The van der Waals surface area contributed by atoms with Gasteiger partial charge in [-0.05, 0) is 51.9 Å². The molecule has 0 aromatic rings. The van der Waals surface area contributed by atoms with Gasteiger partial charge in [0.15, 0.2) is 0 Å². The molecule has 0 heterocycles. The van der Waals surface area contributed by atoms with Gasteiger partial charge in [-0.15, -0.1) is 9.45 Å². The zero-order chi connectivity index (χ0) is 30.6. The molecule has 228 valence electrons. The Kier molecular flexibility index (Phi) is 16.1. The summed E-state index contributed by atoms with van der Waals surface area (Å²) >= 11 is 5.32. The summed E-state index contributed by atoms with van der Waals surface area (Å²) in [7, 11) is -7.58. The average Bonchev–Trinajstić information content (AvgIpc) is 2.77. The molecule has 0 bridgehead atoms. The van der Waals surface area contributed by atoms with Crippen molar-refractivity contribution in [3.8, 4) is 0 Å². The fourth-order valence-electron chi connectivity index (χ4n) is 2.95. The lowest BCUT2D eigenvalue weighted by molar-refractivity contribution is -0.131. The molecule has 0 rings (SSSR count). The highest BCUT2D eigenvalue weighted by molar-refractivity contribution is 8.29. The molecule has 0 aliphatic heterocycles. The van der Waals surface area contributed by atoms with Crippen molar-refractivity contribution >= 4 is 58.6 Å². The van der Waals surface area contributed by atoms with E-state index in [1.807, 2.05) is 20.1 Å². The predicted octanol–water partition coefficient (Wildman–Crippen LogP) is 0.428. The normalized spacial score (nSPS) is 16.1. The van der Waals surface area contributed by atoms with E-state index in [-0.39, 0.29) is 52.6 Å². The Labute approximate surface area is 240 Å². The first-order chi connectivity index (χ1) is 17.6. The first-order valence-corrected chi connectivity index (χ1v) is 18.4. The minimum atomic E-state index is -3.67. The van der Waals surface area contributed by atoms with E-state index in [0.29, 0.717) is 12.0 Å². The van der Waals surface area contributed by atoms with Crippen molar-refractivity contribution < 1.29 is 39.6 Å². The molecule has 0 aliphatic carbocycles. The van der Waals surface area contributed by atoms with Gasteiger partial charge in [0.05, 0.1) is 25.7 Å². The Morgan fingerprint density at radius 2 is 1.46 bits per heavy atom. The molecule has 0 aromatic heterocycles. The second-order valence-electron chi connectivity index (χ2n) is 10.00. The fraction of sp³-hybridized carbons (Fsp3) is 0.783. The summed E-state index contributed by atoms with van der Waals surface area (Å²) in [5.74, 6) is -1.38. The lowest BCUT2D eigenvalue weighted by atomic mass is 10.1. The summed E-state index contributed by atoms with van der Waals surface area (Å²) in [4.78, 5) is 37.7. The van der Waals surface area contributed by atoms with Crippen LogP contribution in [0, 0.1) is 0 Å². The summed E-state index contributed by atoms with van der Waals surface area (Å²) in [6.45, 7) is 8.26. The molecule has 0 spiro atoms. The number of nitrogens with one attached hydrogen (secondary N) is 3. The third kappa shape index (κ3) is 18.5. The van der Waals surface area contributed by atoms with E-state index >= 15 is 0 Å². The van der Waals surface area contributed by atoms with Crippen LogP contribution in [0.1, 0.15) is 60.3 Å². The second kappa shape index (κ2) is 16.7. The van der Waals surface area contributed by atoms with Crippen molar-refractivity contribution in [2.75, 3.05) is 32.0 Å². The number of rotatable bonds is 18. The minimum Gasteiger partial charge on any atom is -0.348 e. The van der Waals surface area contributed by atoms with Crippen molar-refractivity contribution in [2.45, 2.75) is 83.2 Å². The lowest BCUT2D eigenvalue weighted by Crippen LogP contribution is -2.53. The van der Waals surface area contributed by atoms with Gasteiger partial charge in [0, 0.05) is 17.2 Å². The van der Waals surface area contributed by atoms with E-state index in [1.54, 1.807) is 13.0 Å². The Hall–Kier alpha value is -1.46. The molecule has 0 aliphatic rings. The zero-order valence-electron chi connectivity index (χ0n) is 23.9. The molecule has 1 unspecified atom stereocenters. The fourth-order valence-corrected chi connectivity index (χ4v) is 4.41. The van der Waals surface area contributed by atoms with Crippen LogP contribution in [-0.4, -0.2) is 89.4 Å². The van der Waals surface area contributed by atoms with Crippen LogP contribution in [0.5, 0.6) is 0 Å². The molecule has 3 N–H and O–H groups in total. The van der Waals surface area contributed by atoms with Gasteiger partial charge in [-0.3, -0.25) is 22.7 Å². The summed E-state index contributed by atoms with van der Waals surface area (Å²) in [6.07, 6.45) is 6.69. The van der Waals surface area contributed by atoms with Gasteiger partial charge < -0.3 is 16.0 Å². The van der Waals surface area contributed by atoms with E-state index in [0.717, 1.165) is 12.5 Å². The first-order valence-electron chi connectivity index (χ1n) is 12.2. The van der Waals surface area contributed by atoms with Crippen molar-refractivity contribution in [3.63, 3.8) is 0 Å². The molecule has 39 heavy (non-hydrogen) atoms. The summed E-state index contributed by atoms with van der Waals surface area (Å²) < 4.78 is 54.2. The zero-order valence-corrected chi connectivity index (χ0v) is 27.1. The van der Waals surface area contributed by atoms with Crippen LogP contribution in [-0.2, 0) is 63.6 Å². The standard InChI is InChI=1S/C23H43N3O9S4/c1-16(15-35-39(8,32)33)14-19(10-9-13-34-38(7,30)31)26-22(29)18(3)25-21(28)17(2)24-20(27)11-12-23(4,5)37(6)36/h14,17-19H,9-13,15H2,1-8H3,(H,24,27)(H,25,28)(H,26,29)/b16-14+/t17-,18-,19-,37?/m0/s1. The number of hydrogen-bond donors (Lipinski definition) is 3. The minimum absolute atomic E-state index is 0.107. The maximum atomic E-state index is 12.8. The smallest absolute Gasteiger partial charge is 0.264 e. The summed E-state index contributed by atoms with van der Waals surface area (Å²) in [6, 6.07) is -2.47. The van der Waals surface area contributed by atoms with Crippen LogP contribution < -0.4 is 16.0 Å². The Balaban J connectivity index is 5.11. The Bertz CT molecular complexity index is 1120. The van der Waals surface area contributed by atoms with E-state index in [4.69, 9.17) is 19.6 Å².